The van der Waals surface area contributed by atoms with Crippen LogP contribution in [0.5, 0.6) is 0 Å². The van der Waals surface area contributed by atoms with Gasteiger partial charge >= 0.3 is 0 Å². The van der Waals surface area contributed by atoms with Crippen LogP contribution >= 0.6 is 0 Å². The molecule has 1 aliphatic rings. The van der Waals surface area contributed by atoms with Crippen LogP contribution < -0.4 is 5.32 Å². The minimum atomic E-state index is 1.04. The summed E-state index contributed by atoms with van der Waals surface area (Å²) in [5.74, 6) is 0. The summed E-state index contributed by atoms with van der Waals surface area (Å²) in [4.78, 5) is 2.49. The van der Waals surface area contributed by atoms with Crippen LogP contribution in [0.2, 0.25) is 0 Å². The average Bonchev–Trinajstić information content (AvgIpc) is 2.95. The second kappa shape index (κ2) is 5.33. The van der Waals surface area contributed by atoms with Crippen LogP contribution in [0.1, 0.15) is 5.56 Å². The number of rotatable bonds is 3. The number of hydrogen-bond acceptors (Lipinski definition) is 3. The SMILES string of the molecule is c1cnn(-c2ccc(CN3CCNCC3)cc2)c1. The van der Waals surface area contributed by atoms with Crippen LogP contribution in [-0.2, 0) is 6.54 Å². The van der Waals surface area contributed by atoms with Gasteiger partial charge in [-0.3, -0.25) is 4.90 Å². The highest BCUT2D eigenvalue weighted by Crippen LogP contribution is 2.11. The van der Waals surface area contributed by atoms with Gasteiger partial charge in [0.05, 0.1) is 5.69 Å². The topological polar surface area (TPSA) is 33.1 Å². The maximum Gasteiger partial charge on any atom is 0.0645 e. The molecule has 0 atom stereocenters. The number of aromatic nitrogens is 2. The van der Waals surface area contributed by atoms with E-state index in [1.165, 1.54) is 5.56 Å². The van der Waals surface area contributed by atoms with Gasteiger partial charge < -0.3 is 5.32 Å². The lowest BCUT2D eigenvalue weighted by molar-refractivity contribution is 0.233. The van der Waals surface area contributed by atoms with Gasteiger partial charge in [-0.15, -0.1) is 0 Å². The second-order valence-corrected chi connectivity index (χ2v) is 4.64. The van der Waals surface area contributed by atoms with Crippen molar-refractivity contribution >= 4 is 0 Å². The third-order valence-corrected chi connectivity index (χ3v) is 3.32. The molecule has 1 N–H and O–H groups in total. The quantitative estimate of drug-likeness (QED) is 0.880. The monoisotopic (exact) mass is 242 g/mol. The Morgan fingerprint density at radius 2 is 1.89 bits per heavy atom. The Morgan fingerprint density at radius 3 is 2.56 bits per heavy atom. The van der Waals surface area contributed by atoms with Crippen molar-refractivity contribution < 1.29 is 0 Å². The second-order valence-electron chi connectivity index (χ2n) is 4.64. The minimum Gasteiger partial charge on any atom is -0.314 e. The van der Waals surface area contributed by atoms with Crippen LogP contribution in [0.25, 0.3) is 5.69 Å². The Morgan fingerprint density at radius 1 is 1.11 bits per heavy atom. The van der Waals surface area contributed by atoms with Gasteiger partial charge in [0.2, 0.25) is 0 Å². The van der Waals surface area contributed by atoms with Gasteiger partial charge in [0.15, 0.2) is 0 Å². The Balaban J connectivity index is 1.67. The maximum atomic E-state index is 4.23. The molecule has 0 amide bonds. The van der Waals surface area contributed by atoms with Crippen LogP contribution in [-0.4, -0.2) is 40.9 Å². The van der Waals surface area contributed by atoms with Gasteiger partial charge in [-0.2, -0.15) is 5.10 Å². The minimum absolute atomic E-state index is 1.04. The molecule has 0 spiro atoms. The fourth-order valence-corrected chi connectivity index (χ4v) is 2.30. The Kier molecular flexibility index (Phi) is 3.39. The molecule has 1 aromatic heterocycles. The van der Waals surface area contributed by atoms with Crippen molar-refractivity contribution in [1.29, 1.82) is 0 Å². The predicted molar refractivity (Wildman–Crippen MR) is 71.7 cm³/mol. The first-order valence-corrected chi connectivity index (χ1v) is 6.44. The largest absolute Gasteiger partial charge is 0.314 e. The predicted octanol–water partition coefficient (Wildman–Crippen LogP) is 1.28. The van der Waals surface area contributed by atoms with Crippen molar-refractivity contribution in [3.05, 3.63) is 48.3 Å². The lowest BCUT2D eigenvalue weighted by Crippen LogP contribution is -2.42. The van der Waals surface area contributed by atoms with Crippen LogP contribution in [0.3, 0.4) is 0 Å². The molecule has 2 aromatic rings. The van der Waals surface area contributed by atoms with E-state index < -0.39 is 0 Å². The van der Waals surface area contributed by atoms with Crippen LogP contribution in [0.4, 0.5) is 0 Å². The fraction of sp³-hybridized carbons (Fsp3) is 0.357. The van der Waals surface area contributed by atoms with Crippen molar-refractivity contribution in [2.45, 2.75) is 6.54 Å². The third-order valence-electron chi connectivity index (χ3n) is 3.32. The summed E-state index contributed by atoms with van der Waals surface area (Å²) in [6.45, 7) is 5.53. The lowest BCUT2D eigenvalue weighted by atomic mass is 10.2. The van der Waals surface area contributed by atoms with Crippen molar-refractivity contribution in [2.75, 3.05) is 26.2 Å². The van der Waals surface area contributed by atoms with Gasteiger partial charge in [0, 0.05) is 45.1 Å². The zero-order valence-corrected chi connectivity index (χ0v) is 10.4. The molecular formula is C14H18N4. The molecule has 3 rings (SSSR count). The molecule has 18 heavy (non-hydrogen) atoms. The van der Waals surface area contributed by atoms with E-state index in [1.807, 2.05) is 16.9 Å². The molecule has 0 aliphatic carbocycles. The molecule has 1 aromatic carbocycles. The van der Waals surface area contributed by atoms with E-state index in [0.717, 1.165) is 38.4 Å². The first-order chi connectivity index (χ1) is 8.92. The van der Waals surface area contributed by atoms with Crippen molar-refractivity contribution in [3.8, 4) is 5.69 Å². The van der Waals surface area contributed by atoms with Gasteiger partial charge in [0.1, 0.15) is 0 Å². The Bertz CT molecular complexity index is 469. The standard InChI is InChI=1S/C14H18N4/c1-6-16-18(9-1)14-4-2-13(3-5-14)12-17-10-7-15-8-11-17/h1-6,9,15H,7-8,10-12H2. The molecule has 0 saturated carbocycles. The summed E-state index contributed by atoms with van der Waals surface area (Å²) < 4.78 is 1.88. The highest BCUT2D eigenvalue weighted by Gasteiger charge is 2.09. The number of nitrogens with zero attached hydrogens (tertiary/aromatic N) is 3. The summed E-state index contributed by atoms with van der Waals surface area (Å²) in [5.41, 5.74) is 2.48. The third kappa shape index (κ3) is 2.60. The highest BCUT2D eigenvalue weighted by molar-refractivity contribution is 5.33. The average molecular weight is 242 g/mol. The zero-order valence-electron chi connectivity index (χ0n) is 10.4. The molecule has 1 saturated heterocycles. The molecule has 0 unspecified atom stereocenters. The molecular weight excluding hydrogens is 224 g/mol. The normalized spacial score (nSPS) is 16.9. The molecule has 94 valence electrons. The summed E-state index contributed by atoms with van der Waals surface area (Å²) >= 11 is 0. The molecule has 4 nitrogen and oxygen atoms in total. The van der Waals surface area contributed by atoms with E-state index in [0.29, 0.717) is 0 Å². The molecule has 2 heterocycles. The van der Waals surface area contributed by atoms with E-state index in [9.17, 15) is 0 Å². The number of piperazine rings is 1. The van der Waals surface area contributed by atoms with E-state index in [1.54, 1.807) is 6.20 Å². The van der Waals surface area contributed by atoms with Gasteiger partial charge in [0.25, 0.3) is 0 Å². The highest BCUT2D eigenvalue weighted by atomic mass is 15.3. The summed E-state index contributed by atoms with van der Waals surface area (Å²) in [6, 6.07) is 10.6. The Labute approximate surface area is 107 Å². The zero-order chi connectivity index (χ0) is 12.2. The van der Waals surface area contributed by atoms with Crippen molar-refractivity contribution in [1.82, 2.24) is 20.0 Å². The first-order valence-electron chi connectivity index (χ1n) is 6.44. The molecule has 1 aliphatic heterocycles. The smallest absolute Gasteiger partial charge is 0.0645 e. The molecule has 0 radical (unpaired) electrons. The molecule has 4 heteroatoms. The van der Waals surface area contributed by atoms with Crippen molar-refractivity contribution in [3.63, 3.8) is 0 Å². The maximum absolute atomic E-state index is 4.23. The first kappa shape index (κ1) is 11.4. The van der Waals surface area contributed by atoms with Gasteiger partial charge in [-0.25, -0.2) is 4.68 Å². The van der Waals surface area contributed by atoms with Gasteiger partial charge in [-0.1, -0.05) is 12.1 Å². The van der Waals surface area contributed by atoms with Crippen LogP contribution in [0.15, 0.2) is 42.7 Å². The van der Waals surface area contributed by atoms with E-state index >= 15 is 0 Å². The molecule has 0 bridgehead atoms. The number of nitrogens with one attached hydrogen (secondary N) is 1. The van der Waals surface area contributed by atoms with Crippen molar-refractivity contribution in [2.24, 2.45) is 0 Å². The molecule has 1 fully saturated rings. The Hall–Kier alpha value is -1.65. The summed E-state index contributed by atoms with van der Waals surface area (Å²) in [5, 5.41) is 7.60. The lowest BCUT2D eigenvalue weighted by Gasteiger charge is -2.27. The number of benzene rings is 1. The fourth-order valence-electron chi connectivity index (χ4n) is 2.30. The van der Waals surface area contributed by atoms with E-state index in [-0.39, 0.29) is 0 Å². The van der Waals surface area contributed by atoms with Crippen LogP contribution in [0, 0.1) is 0 Å². The van der Waals surface area contributed by atoms with E-state index in [2.05, 4.69) is 39.6 Å². The summed E-state index contributed by atoms with van der Waals surface area (Å²) in [7, 11) is 0. The van der Waals surface area contributed by atoms with E-state index in [4.69, 9.17) is 0 Å². The summed E-state index contributed by atoms with van der Waals surface area (Å²) in [6.07, 6.45) is 3.76. The van der Waals surface area contributed by atoms with Gasteiger partial charge in [-0.05, 0) is 23.8 Å². The number of hydrogen-bond donors (Lipinski definition) is 1.